The highest BCUT2D eigenvalue weighted by atomic mass is 32.1. The van der Waals surface area contributed by atoms with Gasteiger partial charge in [0.1, 0.15) is 11.6 Å². The molecule has 0 spiro atoms. The SMILES string of the molecule is CCc1nc(-c2ccc(N)c(S)c2)c(-c2ccc(F)cc2)[nH]1. The number of nitrogen functional groups attached to an aromatic ring is 1. The van der Waals surface area contributed by atoms with Crippen LogP contribution in [-0.4, -0.2) is 9.97 Å². The Morgan fingerprint density at radius 3 is 2.45 bits per heavy atom. The highest BCUT2D eigenvalue weighted by Crippen LogP contribution is 2.32. The fourth-order valence-electron chi connectivity index (χ4n) is 2.32. The van der Waals surface area contributed by atoms with Gasteiger partial charge in [0.15, 0.2) is 0 Å². The van der Waals surface area contributed by atoms with Gasteiger partial charge in [-0.1, -0.05) is 13.0 Å². The van der Waals surface area contributed by atoms with E-state index in [2.05, 4.69) is 22.6 Å². The van der Waals surface area contributed by atoms with Crippen molar-refractivity contribution in [2.24, 2.45) is 0 Å². The second kappa shape index (κ2) is 5.85. The lowest BCUT2D eigenvalue weighted by Gasteiger charge is -2.05. The van der Waals surface area contributed by atoms with Gasteiger partial charge >= 0.3 is 0 Å². The average molecular weight is 313 g/mol. The molecule has 3 aromatic rings. The van der Waals surface area contributed by atoms with Crippen molar-refractivity contribution < 1.29 is 4.39 Å². The number of imidazole rings is 1. The number of aryl methyl sites for hydroxylation is 1. The van der Waals surface area contributed by atoms with E-state index in [4.69, 9.17) is 5.73 Å². The van der Waals surface area contributed by atoms with Crippen LogP contribution in [0.15, 0.2) is 47.4 Å². The molecular formula is C17H16FN3S. The number of nitrogens with zero attached hydrogens (tertiary/aromatic N) is 1. The molecule has 0 aliphatic carbocycles. The van der Waals surface area contributed by atoms with Gasteiger partial charge in [-0.15, -0.1) is 12.6 Å². The average Bonchev–Trinajstić information content (AvgIpc) is 2.95. The van der Waals surface area contributed by atoms with E-state index in [1.54, 1.807) is 12.1 Å². The maximum Gasteiger partial charge on any atom is 0.123 e. The molecule has 3 nitrogen and oxygen atoms in total. The summed E-state index contributed by atoms with van der Waals surface area (Å²) in [5.41, 5.74) is 9.95. The molecule has 0 fully saturated rings. The third kappa shape index (κ3) is 2.72. The Balaban J connectivity index is 2.16. The van der Waals surface area contributed by atoms with Gasteiger partial charge in [-0.05, 0) is 36.4 Å². The smallest absolute Gasteiger partial charge is 0.123 e. The van der Waals surface area contributed by atoms with Crippen LogP contribution in [-0.2, 0) is 6.42 Å². The zero-order valence-corrected chi connectivity index (χ0v) is 13.0. The van der Waals surface area contributed by atoms with E-state index in [0.29, 0.717) is 10.6 Å². The third-order valence-electron chi connectivity index (χ3n) is 3.52. The second-order valence-corrected chi connectivity index (χ2v) is 5.52. The van der Waals surface area contributed by atoms with Gasteiger partial charge in [-0.2, -0.15) is 0 Å². The van der Waals surface area contributed by atoms with Crippen LogP contribution in [0.3, 0.4) is 0 Å². The number of aromatic amines is 1. The number of hydrogen-bond acceptors (Lipinski definition) is 3. The molecule has 0 amide bonds. The molecule has 1 heterocycles. The summed E-state index contributed by atoms with van der Waals surface area (Å²) in [6, 6.07) is 12.0. The summed E-state index contributed by atoms with van der Waals surface area (Å²) in [6.45, 7) is 2.03. The van der Waals surface area contributed by atoms with Gasteiger partial charge in [-0.25, -0.2) is 9.37 Å². The van der Waals surface area contributed by atoms with E-state index in [-0.39, 0.29) is 5.82 Å². The molecule has 0 atom stereocenters. The summed E-state index contributed by atoms with van der Waals surface area (Å²) in [7, 11) is 0. The maximum atomic E-state index is 13.1. The maximum absolute atomic E-state index is 13.1. The van der Waals surface area contributed by atoms with Crippen molar-refractivity contribution in [2.75, 3.05) is 5.73 Å². The highest BCUT2D eigenvalue weighted by molar-refractivity contribution is 7.80. The van der Waals surface area contributed by atoms with Gasteiger partial charge in [-0.3, -0.25) is 0 Å². The normalized spacial score (nSPS) is 10.9. The van der Waals surface area contributed by atoms with E-state index >= 15 is 0 Å². The summed E-state index contributed by atoms with van der Waals surface area (Å²) in [5.74, 6) is 0.623. The van der Waals surface area contributed by atoms with Crippen LogP contribution < -0.4 is 5.73 Å². The minimum atomic E-state index is -0.259. The molecule has 1 aromatic heterocycles. The standard InChI is InChI=1S/C17H16FN3S/c1-2-15-20-16(10-3-6-12(18)7-4-10)17(21-15)11-5-8-13(19)14(22)9-11/h3-9,22H,2,19H2,1H3,(H,20,21). The zero-order valence-electron chi connectivity index (χ0n) is 12.1. The third-order valence-corrected chi connectivity index (χ3v) is 3.91. The monoisotopic (exact) mass is 313 g/mol. The number of hydrogen-bond donors (Lipinski definition) is 3. The van der Waals surface area contributed by atoms with Crippen molar-refractivity contribution in [3.8, 4) is 22.5 Å². The largest absolute Gasteiger partial charge is 0.398 e. The predicted octanol–water partition coefficient (Wildman–Crippen LogP) is 4.32. The second-order valence-electron chi connectivity index (χ2n) is 5.04. The number of H-pyrrole nitrogens is 1. The molecule has 0 aliphatic rings. The molecule has 112 valence electrons. The van der Waals surface area contributed by atoms with E-state index in [0.717, 1.165) is 34.8 Å². The van der Waals surface area contributed by atoms with Gasteiger partial charge in [0.05, 0.1) is 11.4 Å². The fourth-order valence-corrected chi connectivity index (χ4v) is 2.53. The Kier molecular flexibility index (Phi) is 3.90. The summed E-state index contributed by atoms with van der Waals surface area (Å²) >= 11 is 4.37. The Labute approximate surface area is 133 Å². The summed E-state index contributed by atoms with van der Waals surface area (Å²) < 4.78 is 13.1. The van der Waals surface area contributed by atoms with Crippen molar-refractivity contribution in [1.29, 1.82) is 0 Å². The number of benzene rings is 2. The molecular weight excluding hydrogens is 297 g/mol. The van der Waals surface area contributed by atoms with Crippen LogP contribution in [0.4, 0.5) is 10.1 Å². The molecule has 0 saturated heterocycles. The first-order valence-corrected chi connectivity index (χ1v) is 7.47. The van der Waals surface area contributed by atoms with Crippen molar-refractivity contribution in [3.05, 3.63) is 54.1 Å². The number of thiol groups is 1. The van der Waals surface area contributed by atoms with Gasteiger partial charge in [0.2, 0.25) is 0 Å². The number of rotatable bonds is 3. The lowest BCUT2D eigenvalue weighted by Crippen LogP contribution is -1.89. The Hall–Kier alpha value is -2.27. The lowest BCUT2D eigenvalue weighted by atomic mass is 10.0. The Bertz CT molecular complexity index is 809. The predicted molar refractivity (Wildman–Crippen MR) is 90.5 cm³/mol. The van der Waals surface area contributed by atoms with E-state index < -0.39 is 0 Å². The van der Waals surface area contributed by atoms with Crippen LogP contribution in [0, 0.1) is 5.82 Å². The quantitative estimate of drug-likeness (QED) is 0.498. The minimum absolute atomic E-state index is 0.259. The first-order valence-electron chi connectivity index (χ1n) is 7.02. The van der Waals surface area contributed by atoms with Crippen molar-refractivity contribution >= 4 is 18.3 Å². The van der Waals surface area contributed by atoms with Gasteiger partial charge in [0, 0.05) is 28.1 Å². The van der Waals surface area contributed by atoms with Crippen LogP contribution in [0.1, 0.15) is 12.7 Å². The lowest BCUT2D eigenvalue weighted by molar-refractivity contribution is 0.628. The zero-order chi connectivity index (χ0) is 15.7. The first-order chi connectivity index (χ1) is 10.6. The molecule has 3 N–H and O–H groups in total. The molecule has 22 heavy (non-hydrogen) atoms. The van der Waals surface area contributed by atoms with Crippen LogP contribution >= 0.6 is 12.6 Å². The molecule has 3 rings (SSSR count). The Morgan fingerprint density at radius 2 is 1.82 bits per heavy atom. The first kappa shape index (κ1) is 14.7. The van der Waals surface area contributed by atoms with Crippen molar-refractivity contribution in [2.45, 2.75) is 18.2 Å². The molecule has 0 saturated carbocycles. The molecule has 0 bridgehead atoms. The molecule has 2 aromatic carbocycles. The molecule has 5 heteroatoms. The summed E-state index contributed by atoms with van der Waals surface area (Å²) in [5, 5.41) is 0. The minimum Gasteiger partial charge on any atom is -0.398 e. The van der Waals surface area contributed by atoms with Crippen LogP contribution in [0.5, 0.6) is 0 Å². The van der Waals surface area contributed by atoms with E-state index in [9.17, 15) is 4.39 Å². The van der Waals surface area contributed by atoms with Crippen LogP contribution in [0.25, 0.3) is 22.5 Å². The van der Waals surface area contributed by atoms with Crippen molar-refractivity contribution in [3.63, 3.8) is 0 Å². The van der Waals surface area contributed by atoms with Crippen molar-refractivity contribution in [1.82, 2.24) is 9.97 Å². The summed E-state index contributed by atoms with van der Waals surface area (Å²) in [6.07, 6.45) is 0.789. The number of nitrogens with one attached hydrogen (secondary N) is 1. The number of halogens is 1. The molecule has 0 radical (unpaired) electrons. The topological polar surface area (TPSA) is 54.7 Å². The summed E-state index contributed by atoms with van der Waals surface area (Å²) in [4.78, 5) is 8.67. The van der Waals surface area contributed by atoms with E-state index in [1.165, 1.54) is 12.1 Å². The highest BCUT2D eigenvalue weighted by Gasteiger charge is 2.14. The van der Waals surface area contributed by atoms with Gasteiger partial charge < -0.3 is 10.7 Å². The molecule has 0 unspecified atom stereocenters. The van der Waals surface area contributed by atoms with E-state index in [1.807, 2.05) is 25.1 Å². The Morgan fingerprint density at radius 1 is 1.14 bits per heavy atom. The van der Waals surface area contributed by atoms with Gasteiger partial charge in [0.25, 0.3) is 0 Å². The number of nitrogens with two attached hydrogens (primary N) is 1. The van der Waals surface area contributed by atoms with Crippen LogP contribution in [0.2, 0.25) is 0 Å². The number of aromatic nitrogens is 2. The molecule has 0 aliphatic heterocycles. The fraction of sp³-hybridized carbons (Fsp3) is 0.118. The number of anilines is 1.